The Morgan fingerprint density at radius 2 is 2.09 bits per heavy atom. The third-order valence-electron chi connectivity index (χ3n) is 3.01. The number of fused-ring (bicyclic) bond motifs is 2. The summed E-state index contributed by atoms with van der Waals surface area (Å²) in [5.74, 6) is 0.474. The van der Waals surface area contributed by atoms with Crippen molar-refractivity contribution in [3.8, 4) is 0 Å². The zero-order chi connectivity index (χ0) is 7.90. The first-order valence-corrected chi connectivity index (χ1v) is 4.25. The van der Waals surface area contributed by atoms with Gasteiger partial charge in [-0.3, -0.25) is 4.79 Å². The molecule has 11 heavy (non-hydrogen) atoms. The Hall–Kier alpha value is -0.530. The quantitative estimate of drug-likeness (QED) is 0.536. The SMILES string of the molecule is [CH2]C(=O)OC12CCC(CC1)C2. The lowest BCUT2D eigenvalue weighted by atomic mass is 9.97. The third kappa shape index (κ3) is 1.15. The first-order valence-electron chi connectivity index (χ1n) is 4.25. The monoisotopic (exact) mass is 153 g/mol. The van der Waals surface area contributed by atoms with Crippen molar-refractivity contribution in [2.24, 2.45) is 5.92 Å². The molecular formula is C9H13O2. The zero-order valence-electron chi connectivity index (χ0n) is 6.64. The van der Waals surface area contributed by atoms with Crippen LogP contribution in [-0.2, 0) is 9.53 Å². The first-order chi connectivity index (χ1) is 5.20. The van der Waals surface area contributed by atoms with Crippen LogP contribution in [0.3, 0.4) is 0 Å². The fourth-order valence-corrected chi connectivity index (χ4v) is 2.52. The van der Waals surface area contributed by atoms with Crippen LogP contribution in [0.2, 0.25) is 0 Å². The maximum atomic E-state index is 10.6. The van der Waals surface area contributed by atoms with E-state index in [0.29, 0.717) is 0 Å². The van der Waals surface area contributed by atoms with E-state index in [2.05, 4.69) is 6.92 Å². The maximum absolute atomic E-state index is 10.6. The molecule has 0 spiro atoms. The number of carbonyl (C=O) groups is 1. The lowest BCUT2D eigenvalue weighted by Crippen LogP contribution is -2.28. The number of carbonyl (C=O) groups excluding carboxylic acids is 1. The molecule has 1 radical (unpaired) electrons. The highest BCUT2D eigenvalue weighted by molar-refractivity contribution is 5.74. The molecule has 0 heterocycles. The highest BCUT2D eigenvalue weighted by Gasteiger charge is 2.47. The molecule has 61 valence electrons. The van der Waals surface area contributed by atoms with Gasteiger partial charge in [0.25, 0.3) is 0 Å². The minimum Gasteiger partial charge on any atom is -0.459 e. The number of ether oxygens (including phenoxy) is 1. The average molecular weight is 153 g/mol. The van der Waals surface area contributed by atoms with Gasteiger partial charge in [-0.25, -0.2) is 0 Å². The van der Waals surface area contributed by atoms with Crippen molar-refractivity contribution in [3.05, 3.63) is 6.92 Å². The summed E-state index contributed by atoms with van der Waals surface area (Å²) >= 11 is 0. The molecule has 0 aromatic heterocycles. The molecule has 0 aromatic carbocycles. The molecule has 2 heteroatoms. The lowest BCUT2D eigenvalue weighted by molar-refractivity contribution is -0.152. The Bertz CT molecular complexity index is 178. The number of rotatable bonds is 1. The van der Waals surface area contributed by atoms with E-state index in [9.17, 15) is 4.79 Å². The molecule has 2 bridgehead atoms. The molecule has 2 aliphatic rings. The Morgan fingerprint density at radius 1 is 1.45 bits per heavy atom. The van der Waals surface area contributed by atoms with Gasteiger partial charge in [-0.15, -0.1) is 0 Å². The van der Waals surface area contributed by atoms with Gasteiger partial charge in [0.1, 0.15) is 5.60 Å². The van der Waals surface area contributed by atoms with Gasteiger partial charge >= 0.3 is 5.97 Å². The Balaban J connectivity index is 2.05. The summed E-state index contributed by atoms with van der Waals surface area (Å²) < 4.78 is 5.24. The summed E-state index contributed by atoms with van der Waals surface area (Å²) in [4.78, 5) is 10.6. The second-order valence-electron chi connectivity index (χ2n) is 3.80. The topological polar surface area (TPSA) is 26.3 Å². The summed E-state index contributed by atoms with van der Waals surface area (Å²) in [6, 6.07) is 0. The van der Waals surface area contributed by atoms with Crippen molar-refractivity contribution in [1.82, 2.24) is 0 Å². The number of hydrogen-bond donors (Lipinski definition) is 0. The van der Waals surface area contributed by atoms with Crippen molar-refractivity contribution >= 4 is 5.97 Å². The van der Waals surface area contributed by atoms with Crippen molar-refractivity contribution in [2.75, 3.05) is 0 Å². The van der Waals surface area contributed by atoms with Crippen molar-refractivity contribution in [2.45, 2.75) is 37.7 Å². The normalized spacial score (nSPS) is 41.0. The first kappa shape index (κ1) is 7.14. The van der Waals surface area contributed by atoms with Crippen molar-refractivity contribution in [3.63, 3.8) is 0 Å². The molecule has 2 rings (SSSR count). The van der Waals surface area contributed by atoms with E-state index >= 15 is 0 Å². The van der Waals surface area contributed by atoms with Crippen LogP contribution in [0.25, 0.3) is 0 Å². The summed E-state index contributed by atoms with van der Waals surface area (Å²) in [5, 5.41) is 0. The molecule has 2 aliphatic carbocycles. The molecule has 2 saturated carbocycles. The van der Waals surface area contributed by atoms with E-state index in [1.165, 1.54) is 12.8 Å². The third-order valence-corrected chi connectivity index (χ3v) is 3.01. The van der Waals surface area contributed by atoms with Crippen molar-refractivity contribution in [1.29, 1.82) is 0 Å². The summed E-state index contributed by atoms with van der Waals surface area (Å²) in [5.41, 5.74) is -0.0799. The van der Waals surface area contributed by atoms with Crippen LogP contribution in [0, 0.1) is 12.8 Å². The van der Waals surface area contributed by atoms with Crippen LogP contribution in [0.1, 0.15) is 32.1 Å². The van der Waals surface area contributed by atoms with Gasteiger partial charge in [0.15, 0.2) is 0 Å². The van der Waals surface area contributed by atoms with Crippen LogP contribution < -0.4 is 0 Å². The number of esters is 1. The van der Waals surface area contributed by atoms with Gasteiger partial charge in [0, 0.05) is 0 Å². The molecule has 0 aliphatic heterocycles. The second kappa shape index (κ2) is 2.23. The molecule has 0 unspecified atom stereocenters. The van der Waals surface area contributed by atoms with Crippen LogP contribution in [0.5, 0.6) is 0 Å². The molecular weight excluding hydrogens is 140 g/mol. The predicted molar refractivity (Wildman–Crippen MR) is 40.8 cm³/mol. The molecule has 0 saturated heterocycles. The summed E-state index contributed by atoms with van der Waals surface area (Å²) in [7, 11) is 0. The summed E-state index contributed by atoms with van der Waals surface area (Å²) in [6.45, 7) is 3.25. The van der Waals surface area contributed by atoms with E-state index in [-0.39, 0.29) is 11.6 Å². The smallest absolute Gasteiger partial charge is 0.306 e. The molecule has 0 amide bonds. The largest absolute Gasteiger partial charge is 0.459 e. The highest BCUT2D eigenvalue weighted by Crippen LogP contribution is 2.49. The van der Waals surface area contributed by atoms with Crippen LogP contribution in [-0.4, -0.2) is 11.6 Å². The van der Waals surface area contributed by atoms with E-state index in [0.717, 1.165) is 25.2 Å². The molecule has 2 nitrogen and oxygen atoms in total. The molecule has 0 aromatic rings. The van der Waals surface area contributed by atoms with Gasteiger partial charge in [-0.1, -0.05) is 0 Å². The van der Waals surface area contributed by atoms with Gasteiger partial charge in [-0.2, -0.15) is 0 Å². The maximum Gasteiger partial charge on any atom is 0.306 e. The zero-order valence-corrected chi connectivity index (χ0v) is 6.64. The highest BCUT2D eigenvalue weighted by atomic mass is 16.6. The van der Waals surface area contributed by atoms with Gasteiger partial charge in [0.05, 0.1) is 6.92 Å². The Morgan fingerprint density at radius 3 is 2.45 bits per heavy atom. The van der Waals surface area contributed by atoms with E-state index in [1.54, 1.807) is 0 Å². The minimum absolute atomic E-state index is 0.0799. The van der Waals surface area contributed by atoms with E-state index in [4.69, 9.17) is 4.74 Å². The molecule has 0 atom stereocenters. The van der Waals surface area contributed by atoms with E-state index in [1.807, 2.05) is 0 Å². The lowest BCUT2D eigenvalue weighted by Gasteiger charge is -2.25. The van der Waals surface area contributed by atoms with Crippen LogP contribution >= 0.6 is 0 Å². The summed E-state index contributed by atoms with van der Waals surface area (Å²) in [6.07, 6.45) is 5.71. The standard InChI is InChI=1S/C9H13O2/c1-7(10)11-9-4-2-8(6-9)3-5-9/h8H,1-6H2. The van der Waals surface area contributed by atoms with Crippen LogP contribution in [0.4, 0.5) is 0 Å². The fraction of sp³-hybridized carbons (Fsp3) is 0.778. The Kier molecular flexibility index (Phi) is 1.44. The van der Waals surface area contributed by atoms with Gasteiger partial charge in [0.2, 0.25) is 0 Å². The van der Waals surface area contributed by atoms with Gasteiger partial charge < -0.3 is 4.74 Å². The van der Waals surface area contributed by atoms with E-state index < -0.39 is 0 Å². The van der Waals surface area contributed by atoms with Crippen LogP contribution in [0.15, 0.2) is 0 Å². The number of hydrogen-bond acceptors (Lipinski definition) is 2. The fourth-order valence-electron chi connectivity index (χ4n) is 2.52. The molecule has 2 fully saturated rings. The van der Waals surface area contributed by atoms with Crippen molar-refractivity contribution < 1.29 is 9.53 Å². The second-order valence-corrected chi connectivity index (χ2v) is 3.80. The average Bonchev–Trinajstić information content (AvgIpc) is 2.43. The molecule has 0 N–H and O–H groups in total. The predicted octanol–water partition coefficient (Wildman–Crippen LogP) is 1.70. The minimum atomic E-state index is -0.354. The van der Waals surface area contributed by atoms with Gasteiger partial charge in [-0.05, 0) is 38.0 Å². The Labute approximate surface area is 66.9 Å².